The number of amides is 1. The Kier molecular flexibility index (Phi) is 5.77. The maximum absolute atomic E-state index is 12.3. The van der Waals surface area contributed by atoms with E-state index in [4.69, 9.17) is 4.74 Å². The molecule has 132 valence electrons. The average molecular weight is 348 g/mol. The molecule has 0 aliphatic carbocycles. The molecule has 0 radical (unpaired) electrons. The molecule has 0 unspecified atom stereocenters. The molecule has 2 aromatic carbocycles. The first kappa shape index (κ1) is 17.8. The van der Waals surface area contributed by atoms with Crippen molar-refractivity contribution in [3.63, 3.8) is 0 Å². The minimum atomic E-state index is -1.34. The molecule has 0 saturated carbocycles. The topological polar surface area (TPSA) is 79.2 Å². The van der Waals surface area contributed by atoms with Crippen LogP contribution in [0.5, 0.6) is 0 Å². The zero-order chi connectivity index (χ0) is 18.4. The lowest BCUT2D eigenvalue weighted by Crippen LogP contribution is -2.38. The quantitative estimate of drug-likeness (QED) is 0.643. The molecule has 1 amide bonds. The predicted octanol–water partition coefficient (Wildman–Crippen LogP) is 2.86. The van der Waals surface area contributed by atoms with Crippen molar-refractivity contribution in [3.05, 3.63) is 54.1 Å². The highest BCUT2D eigenvalue weighted by atomic mass is 16.5. The maximum Gasteiger partial charge on any atom is 0.245 e. The number of benzene rings is 2. The molecule has 1 saturated heterocycles. The van der Waals surface area contributed by atoms with Crippen molar-refractivity contribution >= 4 is 28.5 Å². The fourth-order valence-corrected chi connectivity index (χ4v) is 3.04. The second-order valence-corrected chi connectivity index (χ2v) is 6.25. The van der Waals surface area contributed by atoms with E-state index in [-0.39, 0.29) is 6.10 Å². The molecule has 1 aliphatic rings. The first-order valence-electron chi connectivity index (χ1n) is 8.67. The fourth-order valence-electron chi connectivity index (χ4n) is 3.04. The summed E-state index contributed by atoms with van der Waals surface area (Å²) in [5, 5.41) is 13.9. The van der Waals surface area contributed by atoms with Crippen molar-refractivity contribution in [2.24, 2.45) is 5.92 Å². The predicted molar refractivity (Wildman–Crippen MR) is 99.1 cm³/mol. The van der Waals surface area contributed by atoms with Gasteiger partial charge in [-0.25, -0.2) is 0 Å². The number of ether oxygens (including phenoxy) is 1. The Morgan fingerprint density at radius 3 is 2.85 bits per heavy atom. The van der Waals surface area contributed by atoms with E-state index in [0.717, 1.165) is 29.2 Å². The first-order chi connectivity index (χ1) is 12.7. The zero-order valence-corrected chi connectivity index (χ0v) is 14.4. The lowest BCUT2D eigenvalue weighted by atomic mass is 10.0. The van der Waals surface area contributed by atoms with Crippen LogP contribution in [-0.2, 0) is 14.3 Å². The van der Waals surface area contributed by atoms with Crippen LogP contribution in [0.2, 0.25) is 0 Å². The van der Waals surface area contributed by atoms with Gasteiger partial charge in [-0.15, -0.1) is 0 Å². The second-order valence-electron chi connectivity index (χ2n) is 6.25. The Morgan fingerprint density at radius 2 is 2.08 bits per heavy atom. The van der Waals surface area contributed by atoms with E-state index in [1.807, 2.05) is 42.5 Å². The summed E-state index contributed by atoms with van der Waals surface area (Å²) >= 11 is 0. The number of nitrogens with one attached hydrogen (secondary N) is 1. The molecule has 2 atom stereocenters. The number of fused-ring (bicyclic) bond motifs is 1. The molecule has 0 bridgehead atoms. The van der Waals surface area contributed by atoms with Crippen LogP contribution in [0, 0.1) is 17.2 Å². The van der Waals surface area contributed by atoms with Gasteiger partial charge in [0.05, 0.1) is 12.2 Å². The summed E-state index contributed by atoms with van der Waals surface area (Å²) < 4.78 is 5.43. The van der Waals surface area contributed by atoms with E-state index in [0.29, 0.717) is 13.2 Å². The highest BCUT2D eigenvalue weighted by molar-refractivity contribution is 6.11. The number of carbonyl (C=O) groups excluding carboxylic acids is 2. The summed E-state index contributed by atoms with van der Waals surface area (Å²) in [5.74, 6) is -2.44. The number of allylic oxidation sites excluding steroid dienone is 1. The molecule has 1 heterocycles. The van der Waals surface area contributed by atoms with Crippen LogP contribution in [0.4, 0.5) is 0 Å². The van der Waals surface area contributed by atoms with Gasteiger partial charge in [-0.2, -0.15) is 5.26 Å². The van der Waals surface area contributed by atoms with E-state index in [2.05, 4.69) is 5.32 Å². The summed E-state index contributed by atoms with van der Waals surface area (Å²) in [4.78, 5) is 24.5. The molecule has 1 aliphatic heterocycles. The lowest BCUT2D eigenvalue weighted by Gasteiger charge is -2.12. The molecule has 5 nitrogen and oxygen atoms in total. The Hall–Kier alpha value is -2.97. The van der Waals surface area contributed by atoms with Gasteiger partial charge in [-0.1, -0.05) is 48.5 Å². The van der Waals surface area contributed by atoms with Crippen molar-refractivity contribution < 1.29 is 14.3 Å². The molecule has 1 N–H and O–H groups in total. The molecular weight excluding hydrogens is 328 g/mol. The number of carbonyl (C=O) groups is 2. The summed E-state index contributed by atoms with van der Waals surface area (Å²) in [6.07, 6.45) is 4.78. The first-order valence-corrected chi connectivity index (χ1v) is 8.67. The van der Waals surface area contributed by atoms with Gasteiger partial charge in [0, 0.05) is 13.2 Å². The molecule has 5 heteroatoms. The second kappa shape index (κ2) is 8.41. The molecular formula is C21H20N2O3. The van der Waals surface area contributed by atoms with Crippen LogP contribution in [0.1, 0.15) is 18.4 Å². The fraction of sp³-hybridized carbons (Fsp3) is 0.286. The standard InChI is InChI=1S/C21H20N2O3/c22-13-19(21(25)23-14-17-8-4-12-26-17)20(24)11-10-16-7-3-6-15-5-1-2-9-18(15)16/h1-3,5-7,9-11,17,19H,4,8,12,14H2,(H,23,25)/b11-10-/t17-,19-/m1/s1. The van der Waals surface area contributed by atoms with Gasteiger partial charge < -0.3 is 10.1 Å². The third-order valence-corrected chi connectivity index (χ3v) is 4.45. The van der Waals surface area contributed by atoms with Crippen molar-refractivity contribution in [1.29, 1.82) is 5.26 Å². The number of hydrogen-bond acceptors (Lipinski definition) is 4. The molecule has 1 fully saturated rings. The van der Waals surface area contributed by atoms with Crippen LogP contribution in [0.3, 0.4) is 0 Å². The summed E-state index contributed by atoms with van der Waals surface area (Å²) in [6, 6.07) is 15.4. The van der Waals surface area contributed by atoms with Gasteiger partial charge in [-0.3, -0.25) is 9.59 Å². The highest BCUT2D eigenvalue weighted by Gasteiger charge is 2.25. The van der Waals surface area contributed by atoms with Crippen molar-refractivity contribution in [3.8, 4) is 6.07 Å². The smallest absolute Gasteiger partial charge is 0.245 e. The monoisotopic (exact) mass is 348 g/mol. The lowest BCUT2D eigenvalue weighted by molar-refractivity contribution is -0.129. The van der Waals surface area contributed by atoms with Crippen molar-refractivity contribution in [1.82, 2.24) is 5.32 Å². The third-order valence-electron chi connectivity index (χ3n) is 4.45. The van der Waals surface area contributed by atoms with Gasteiger partial charge in [-0.05, 0) is 35.3 Å². The Balaban J connectivity index is 1.67. The van der Waals surface area contributed by atoms with E-state index < -0.39 is 17.6 Å². The minimum Gasteiger partial charge on any atom is -0.376 e. The average Bonchev–Trinajstić information content (AvgIpc) is 3.19. The zero-order valence-electron chi connectivity index (χ0n) is 14.4. The van der Waals surface area contributed by atoms with E-state index in [1.165, 1.54) is 6.08 Å². The Labute approximate surface area is 152 Å². The van der Waals surface area contributed by atoms with E-state index in [9.17, 15) is 14.9 Å². The molecule has 26 heavy (non-hydrogen) atoms. The largest absolute Gasteiger partial charge is 0.376 e. The minimum absolute atomic E-state index is 0.0281. The van der Waals surface area contributed by atoms with Gasteiger partial charge >= 0.3 is 0 Å². The van der Waals surface area contributed by atoms with Crippen LogP contribution < -0.4 is 5.32 Å². The van der Waals surface area contributed by atoms with Gasteiger partial charge in [0.15, 0.2) is 11.7 Å². The van der Waals surface area contributed by atoms with E-state index in [1.54, 1.807) is 12.1 Å². The Morgan fingerprint density at radius 1 is 1.27 bits per heavy atom. The van der Waals surface area contributed by atoms with Crippen LogP contribution in [0.25, 0.3) is 16.8 Å². The number of rotatable bonds is 6. The van der Waals surface area contributed by atoms with E-state index >= 15 is 0 Å². The van der Waals surface area contributed by atoms with Crippen LogP contribution in [0.15, 0.2) is 48.5 Å². The third kappa shape index (κ3) is 4.16. The van der Waals surface area contributed by atoms with Gasteiger partial charge in [0.25, 0.3) is 0 Å². The van der Waals surface area contributed by atoms with Crippen molar-refractivity contribution in [2.45, 2.75) is 18.9 Å². The molecule has 0 aromatic heterocycles. The SMILES string of the molecule is N#C[C@H](C(=O)/C=C\c1cccc2ccccc12)C(=O)NC[C@H]1CCCO1. The summed E-state index contributed by atoms with van der Waals surface area (Å²) in [6.45, 7) is 1.02. The van der Waals surface area contributed by atoms with Gasteiger partial charge in [0.2, 0.25) is 5.91 Å². The highest BCUT2D eigenvalue weighted by Crippen LogP contribution is 2.20. The summed E-state index contributed by atoms with van der Waals surface area (Å²) in [7, 11) is 0. The number of nitriles is 1. The van der Waals surface area contributed by atoms with Crippen LogP contribution in [-0.4, -0.2) is 30.9 Å². The molecule has 0 spiro atoms. The number of ketones is 1. The number of nitrogens with zero attached hydrogens (tertiary/aromatic N) is 1. The van der Waals surface area contributed by atoms with Crippen molar-refractivity contribution in [2.75, 3.05) is 13.2 Å². The maximum atomic E-state index is 12.3. The van der Waals surface area contributed by atoms with Crippen LogP contribution >= 0.6 is 0 Å². The molecule has 3 rings (SSSR count). The Bertz CT molecular complexity index is 871. The molecule has 2 aromatic rings. The normalized spacial score (nSPS) is 17.9. The van der Waals surface area contributed by atoms with Gasteiger partial charge in [0.1, 0.15) is 0 Å². The summed E-state index contributed by atoms with van der Waals surface area (Å²) in [5.41, 5.74) is 0.868. The number of hydrogen-bond donors (Lipinski definition) is 1.